The molecule has 2 heteroatoms. The number of ether oxygens (including phenoxy) is 1. The van der Waals surface area contributed by atoms with Crippen LogP contribution < -0.4 is 0 Å². The van der Waals surface area contributed by atoms with Crippen LogP contribution in [0, 0.1) is 41.4 Å². The molecule has 0 aromatic rings. The number of carbonyl (C=O) groups is 1. The first-order chi connectivity index (χ1) is 8.94. The van der Waals surface area contributed by atoms with Crippen molar-refractivity contribution in [1.82, 2.24) is 0 Å². The van der Waals surface area contributed by atoms with Crippen molar-refractivity contribution in [1.29, 1.82) is 0 Å². The SMILES string of the molecule is CC(C)(C)OC(=O)[C@@H]1C[C@@H]2C[C@H]1[C@@H]1[C@H]2[C@@H]2C=C[C@H]1C2. The summed E-state index contributed by atoms with van der Waals surface area (Å²) >= 11 is 0. The molecule has 0 heterocycles. The third-order valence-electron chi connectivity index (χ3n) is 5.98. The third kappa shape index (κ3) is 1.64. The third-order valence-corrected chi connectivity index (χ3v) is 5.98. The summed E-state index contributed by atoms with van der Waals surface area (Å²) in [5, 5.41) is 0. The molecule has 0 aliphatic heterocycles. The average molecular weight is 260 g/mol. The number of fused-ring (bicyclic) bond motifs is 9. The average Bonchev–Trinajstić information content (AvgIpc) is 3.04. The summed E-state index contributed by atoms with van der Waals surface area (Å²) in [7, 11) is 0. The van der Waals surface area contributed by atoms with Crippen molar-refractivity contribution in [2.45, 2.75) is 45.6 Å². The van der Waals surface area contributed by atoms with Crippen LogP contribution in [0.4, 0.5) is 0 Å². The van der Waals surface area contributed by atoms with Crippen LogP contribution in [0.15, 0.2) is 12.2 Å². The summed E-state index contributed by atoms with van der Waals surface area (Å²) in [5.41, 5.74) is -0.340. The lowest BCUT2D eigenvalue weighted by atomic mass is 9.69. The molecule has 104 valence electrons. The van der Waals surface area contributed by atoms with Gasteiger partial charge in [-0.15, -0.1) is 0 Å². The fourth-order valence-corrected chi connectivity index (χ4v) is 5.66. The summed E-state index contributed by atoms with van der Waals surface area (Å²) in [6.07, 6.45) is 8.63. The van der Waals surface area contributed by atoms with Gasteiger partial charge in [0.15, 0.2) is 0 Å². The van der Waals surface area contributed by atoms with Gasteiger partial charge < -0.3 is 4.74 Å². The Balaban J connectivity index is 1.54. The largest absolute Gasteiger partial charge is 0.460 e. The zero-order valence-electron chi connectivity index (χ0n) is 12.1. The van der Waals surface area contributed by atoms with Crippen molar-refractivity contribution in [3.05, 3.63) is 12.2 Å². The molecule has 2 nitrogen and oxygen atoms in total. The molecule has 3 fully saturated rings. The number of hydrogen-bond acceptors (Lipinski definition) is 2. The molecule has 4 rings (SSSR count). The first kappa shape index (κ1) is 12.0. The number of rotatable bonds is 1. The summed E-state index contributed by atoms with van der Waals surface area (Å²) in [6, 6.07) is 0. The van der Waals surface area contributed by atoms with E-state index < -0.39 is 0 Å². The van der Waals surface area contributed by atoms with Crippen LogP contribution in [0.3, 0.4) is 0 Å². The van der Waals surface area contributed by atoms with Gasteiger partial charge in [-0.2, -0.15) is 0 Å². The molecule has 0 spiro atoms. The zero-order valence-corrected chi connectivity index (χ0v) is 12.1. The standard InChI is InChI=1S/C17H24O2/c1-17(2,3)19-16(18)13-8-11-7-12(13)15-10-5-4-9(6-10)14(11)15/h4-5,9-15H,6-8H2,1-3H3/t9-,10+,11+,12-,13-,14+,15-/m1/s1. The minimum Gasteiger partial charge on any atom is -0.460 e. The van der Waals surface area contributed by atoms with Gasteiger partial charge in [0.05, 0.1) is 5.92 Å². The van der Waals surface area contributed by atoms with Gasteiger partial charge in [0.1, 0.15) is 5.60 Å². The van der Waals surface area contributed by atoms with E-state index in [1.54, 1.807) is 0 Å². The lowest BCUT2D eigenvalue weighted by Gasteiger charge is -2.36. The maximum Gasteiger partial charge on any atom is 0.309 e. The number of hydrogen-bond donors (Lipinski definition) is 0. The predicted molar refractivity (Wildman–Crippen MR) is 73.3 cm³/mol. The maximum absolute atomic E-state index is 12.4. The molecule has 0 N–H and O–H groups in total. The van der Waals surface area contributed by atoms with Crippen LogP contribution >= 0.6 is 0 Å². The van der Waals surface area contributed by atoms with Crippen molar-refractivity contribution >= 4 is 5.97 Å². The maximum atomic E-state index is 12.4. The summed E-state index contributed by atoms with van der Waals surface area (Å²) in [4.78, 5) is 12.4. The predicted octanol–water partition coefficient (Wildman–Crippen LogP) is 3.42. The van der Waals surface area contributed by atoms with Crippen LogP contribution in [0.1, 0.15) is 40.0 Å². The second-order valence-corrected chi connectivity index (χ2v) is 8.14. The van der Waals surface area contributed by atoms with Crippen LogP contribution in [0.2, 0.25) is 0 Å². The lowest BCUT2D eigenvalue weighted by molar-refractivity contribution is -0.163. The van der Waals surface area contributed by atoms with Gasteiger partial charge in [-0.3, -0.25) is 4.79 Å². The highest BCUT2D eigenvalue weighted by Crippen LogP contribution is 2.67. The van der Waals surface area contributed by atoms with Crippen molar-refractivity contribution in [3.63, 3.8) is 0 Å². The minimum absolute atomic E-state index is 0.0743. The normalized spacial score (nSPS) is 49.7. The molecule has 4 aliphatic carbocycles. The Kier molecular flexibility index (Phi) is 2.30. The molecule has 0 unspecified atom stereocenters. The van der Waals surface area contributed by atoms with Crippen LogP contribution in [0.5, 0.6) is 0 Å². The zero-order chi connectivity index (χ0) is 13.4. The number of carbonyl (C=O) groups excluding carboxylic acids is 1. The van der Waals surface area contributed by atoms with Gasteiger partial charge in [-0.25, -0.2) is 0 Å². The van der Waals surface area contributed by atoms with E-state index in [-0.39, 0.29) is 17.5 Å². The van der Waals surface area contributed by atoms with Gasteiger partial charge in [0, 0.05) is 0 Å². The highest BCUT2D eigenvalue weighted by atomic mass is 16.6. The Morgan fingerprint density at radius 1 is 1.05 bits per heavy atom. The minimum atomic E-state index is -0.340. The van der Waals surface area contributed by atoms with E-state index in [1.807, 2.05) is 20.8 Å². The van der Waals surface area contributed by atoms with Crippen molar-refractivity contribution < 1.29 is 9.53 Å². The molecule has 0 amide bonds. The molecule has 19 heavy (non-hydrogen) atoms. The van der Waals surface area contributed by atoms with Crippen LogP contribution in [-0.4, -0.2) is 11.6 Å². The van der Waals surface area contributed by atoms with Crippen molar-refractivity contribution in [3.8, 4) is 0 Å². The first-order valence-corrected chi connectivity index (χ1v) is 7.85. The van der Waals surface area contributed by atoms with Gasteiger partial charge in [-0.1, -0.05) is 12.2 Å². The Hall–Kier alpha value is -0.790. The molecule has 0 radical (unpaired) electrons. The molecule has 4 aliphatic rings. The van der Waals surface area contributed by atoms with E-state index in [9.17, 15) is 4.79 Å². The Morgan fingerprint density at radius 2 is 1.74 bits per heavy atom. The summed E-state index contributed by atoms with van der Waals surface area (Å²) in [6.45, 7) is 5.92. The quantitative estimate of drug-likeness (QED) is 0.410. The second kappa shape index (κ2) is 3.65. The monoisotopic (exact) mass is 260 g/mol. The molecule has 0 aromatic heterocycles. The molecule has 0 aromatic carbocycles. The van der Waals surface area contributed by atoms with E-state index in [4.69, 9.17) is 4.74 Å². The van der Waals surface area contributed by atoms with Crippen molar-refractivity contribution in [2.75, 3.05) is 0 Å². The lowest BCUT2D eigenvalue weighted by Crippen LogP contribution is -2.37. The Bertz CT molecular complexity index is 445. The highest BCUT2D eigenvalue weighted by Gasteiger charge is 2.62. The number of allylic oxidation sites excluding steroid dienone is 2. The van der Waals surface area contributed by atoms with Crippen molar-refractivity contribution in [2.24, 2.45) is 41.4 Å². The highest BCUT2D eigenvalue weighted by molar-refractivity contribution is 5.74. The summed E-state index contributed by atoms with van der Waals surface area (Å²) < 4.78 is 5.65. The van der Waals surface area contributed by atoms with E-state index >= 15 is 0 Å². The number of esters is 1. The molecule has 4 bridgehead atoms. The molecular formula is C17H24O2. The smallest absolute Gasteiger partial charge is 0.309 e. The van der Waals surface area contributed by atoms with Crippen LogP contribution in [-0.2, 0) is 9.53 Å². The molecule has 7 atom stereocenters. The van der Waals surface area contributed by atoms with Crippen LogP contribution in [0.25, 0.3) is 0 Å². The summed E-state index contributed by atoms with van der Waals surface area (Å²) in [5.74, 6) is 4.99. The van der Waals surface area contributed by atoms with E-state index in [2.05, 4.69) is 12.2 Å². The first-order valence-electron chi connectivity index (χ1n) is 7.85. The van der Waals surface area contributed by atoms with Gasteiger partial charge >= 0.3 is 5.97 Å². The van der Waals surface area contributed by atoms with Gasteiger partial charge in [-0.05, 0) is 75.5 Å². The Morgan fingerprint density at radius 3 is 2.42 bits per heavy atom. The molecule has 0 saturated heterocycles. The Labute approximate surface area is 115 Å². The molecular weight excluding hydrogens is 236 g/mol. The molecule has 3 saturated carbocycles. The fourth-order valence-electron chi connectivity index (χ4n) is 5.66. The second-order valence-electron chi connectivity index (χ2n) is 8.14. The van der Waals surface area contributed by atoms with E-state index in [0.29, 0.717) is 5.92 Å². The fraction of sp³-hybridized carbons (Fsp3) is 0.824. The van der Waals surface area contributed by atoms with E-state index in [1.165, 1.54) is 12.8 Å². The van der Waals surface area contributed by atoms with Gasteiger partial charge in [0.25, 0.3) is 0 Å². The van der Waals surface area contributed by atoms with E-state index in [0.717, 1.165) is 36.0 Å². The van der Waals surface area contributed by atoms with Gasteiger partial charge in [0.2, 0.25) is 0 Å². The topological polar surface area (TPSA) is 26.3 Å².